The Bertz CT molecular complexity index is 494. The summed E-state index contributed by atoms with van der Waals surface area (Å²) >= 11 is 0. The highest BCUT2D eigenvalue weighted by molar-refractivity contribution is 5.93. The molecular weight excluding hydrogens is 265 g/mol. The van der Waals surface area contributed by atoms with Gasteiger partial charge in [0.15, 0.2) is 0 Å². The van der Waals surface area contributed by atoms with Crippen molar-refractivity contribution < 1.29 is 27.9 Å². The number of anilines is 1. The van der Waals surface area contributed by atoms with E-state index in [-0.39, 0.29) is 13.0 Å². The van der Waals surface area contributed by atoms with Crippen molar-refractivity contribution in [1.82, 2.24) is 5.32 Å². The van der Waals surface area contributed by atoms with Gasteiger partial charge in [-0.15, -0.1) is 0 Å². The largest absolute Gasteiger partial charge is 0.478 e. The summed E-state index contributed by atoms with van der Waals surface area (Å²) in [5, 5.41) is 12.9. The number of halogens is 3. The Morgan fingerprint density at radius 3 is 2.47 bits per heavy atom. The predicted molar refractivity (Wildman–Crippen MR) is 60.9 cm³/mol. The molecule has 0 atom stereocenters. The van der Waals surface area contributed by atoms with E-state index in [2.05, 4.69) is 5.32 Å². The molecule has 0 fully saturated rings. The molecule has 0 saturated carbocycles. The van der Waals surface area contributed by atoms with Gasteiger partial charge in [0.2, 0.25) is 0 Å². The Morgan fingerprint density at radius 1 is 1.21 bits per heavy atom. The van der Waals surface area contributed by atoms with E-state index in [1.165, 1.54) is 0 Å². The molecule has 0 aliphatic heterocycles. The highest BCUT2D eigenvalue weighted by Gasteiger charge is 2.16. The molecule has 1 aromatic rings. The van der Waals surface area contributed by atoms with Crippen LogP contribution in [-0.2, 0) is 0 Å². The summed E-state index contributed by atoms with van der Waals surface area (Å²) in [6.45, 7) is -0.578. The molecule has 2 amide bonds. The van der Waals surface area contributed by atoms with Crippen LogP contribution in [0.2, 0.25) is 0 Å². The average Bonchev–Trinajstić information content (AvgIpc) is 2.32. The van der Waals surface area contributed by atoms with Crippen LogP contribution in [0.25, 0.3) is 0 Å². The van der Waals surface area contributed by atoms with Crippen LogP contribution in [-0.4, -0.2) is 30.3 Å². The summed E-state index contributed by atoms with van der Waals surface area (Å²) < 4.78 is 38.2. The number of hydrogen-bond donors (Lipinski definition) is 3. The Labute approximate surface area is 106 Å². The Kier molecular flexibility index (Phi) is 5.16. The molecule has 0 spiro atoms. The SMILES string of the molecule is O=C(NCCCF)Nc1cc(C(=O)O)c(F)cc1F. The third-order valence-corrected chi connectivity index (χ3v) is 2.13. The van der Waals surface area contributed by atoms with Crippen molar-refractivity contribution in [2.75, 3.05) is 18.5 Å². The number of hydrogen-bond acceptors (Lipinski definition) is 2. The van der Waals surface area contributed by atoms with Crippen LogP contribution in [0.4, 0.5) is 23.7 Å². The van der Waals surface area contributed by atoms with E-state index in [0.29, 0.717) is 12.1 Å². The molecular formula is C11H11F3N2O3. The predicted octanol–water partition coefficient (Wildman–Crippen LogP) is 2.14. The first-order valence-corrected chi connectivity index (χ1v) is 5.29. The van der Waals surface area contributed by atoms with Crippen molar-refractivity contribution in [2.24, 2.45) is 0 Å². The fraction of sp³-hybridized carbons (Fsp3) is 0.273. The van der Waals surface area contributed by atoms with Gasteiger partial charge in [0.25, 0.3) is 0 Å². The third-order valence-electron chi connectivity index (χ3n) is 2.13. The number of aromatic carboxylic acids is 1. The molecule has 0 aliphatic rings. The van der Waals surface area contributed by atoms with E-state index in [9.17, 15) is 22.8 Å². The molecule has 0 aromatic heterocycles. The highest BCUT2D eigenvalue weighted by Crippen LogP contribution is 2.19. The summed E-state index contributed by atoms with van der Waals surface area (Å²) in [5.41, 5.74) is -1.24. The minimum atomic E-state index is -1.58. The number of nitrogens with one attached hydrogen (secondary N) is 2. The van der Waals surface area contributed by atoms with Gasteiger partial charge in [0.05, 0.1) is 17.9 Å². The van der Waals surface area contributed by atoms with Crippen molar-refractivity contribution in [3.63, 3.8) is 0 Å². The Balaban J connectivity index is 2.80. The van der Waals surface area contributed by atoms with Crippen LogP contribution in [0.1, 0.15) is 16.8 Å². The molecule has 0 unspecified atom stereocenters. The number of carboxylic acid groups (broad SMARTS) is 1. The molecule has 3 N–H and O–H groups in total. The number of carbonyl (C=O) groups is 2. The fourth-order valence-electron chi connectivity index (χ4n) is 1.24. The van der Waals surface area contributed by atoms with E-state index in [1.807, 2.05) is 5.32 Å². The molecule has 0 heterocycles. The molecule has 104 valence electrons. The van der Waals surface area contributed by atoms with E-state index in [0.717, 1.165) is 0 Å². The second-order valence-electron chi connectivity index (χ2n) is 3.54. The molecule has 8 heteroatoms. The molecule has 19 heavy (non-hydrogen) atoms. The zero-order chi connectivity index (χ0) is 14.4. The van der Waals surface area contributed by atoms with Gasteiger partial charge in [0, 0.05) is 12.6 Å². The molecule has 0 aliphatic carbocycles. The topological polar surface area (TPSA) is 78.4 Å². The number of carboxylic acids is 1. The third kappa shape index (κ3) is 4.16. The van der Waals surface area contributed by atoms with Crippen molar-refractivity contribution >= 4 is 17.7 Å². The lowest BCUT2D eigenvalue weighted by Gasteiger charge is -2.09. The van der Waals surface area contributed by atoms with Crippen molar-refractivity contribution in [3.05, 3.63) is 29.3 Å². The van der Waals surface area contributed by atoms with Gasteiger partial charge >= 0.3 is 12.0 Å². The zero-order valence-corrected chi connectivity index (χ0v) is 9.67. The Morgan fingerprint density at radius 2 is 1.89 bits per heavy atom. The minimum absolute atomic E-state index is 0.0386. The van der Waals surface area contributed by atoms with Gasteiger partial charge in [-0.2, -0.15) is 0 Å². The molecule has 5 nitrogen and oxygen atoms in total. The van der Waals surface area contributed by atoms with Crippen LogP contribution in [0.3, 0.4) is 0 Å². The first kappa shape index (κ1) is 14.8. The summed E-state index contributed by atoms with van der Waals surface area (Å²) in [6, 6.07) is 0.192. The molecule has 1 aromatic carbocycles. The van der Waals surface area contributed by atoms with Gasteiger partial charge < -0.3 is 15.7 Å². The number of benzene rings is 1. The van der Waals surface area contributed by atoms with E-state index < -0.39 is 41.6 Å². The highest BCUT2D eigenvalue weighted by atomic mass is 19.1. The Hall–Kier alpha value is -2.25. The quantitative estimate of drug-likeness (QED) is 0.721. The van der Waals surface area contributed by atoms with Crippen molar-refractivity contribution in [2.45, 2.75) is 6.42 Å². The summed E-state index contributed by atoms with van der Waals surface area (Å²) in [7, 11) is 0. The lowest BCUT2D eigenvalue weighted by Crippen LogP contribution is -2.30. The van der Waals surface area contributed by atoms with Crippen molar-refractivity contribution in [3.8, 4) is 0 Å². The van der Waals surface area contributed by atoms with Gasteiger partial charge in [-0.25, -0.2) is 18.4 Å². The normalized spacial score (nSPS) is 10.1. The summed E-state index contributed by atoms with van der Waals surface area (Å²) in [4.78, 5) is 21.9. The number of urea groups is 1. The summed E-state index contributed by atoms with van der Waals surface area (Å²) in [6.07, 6.45) is 0.0969. The van der Waals surface area contributed by atoms with Crippen LogP contribution >= 0.6 is 0 Å². The van der Waals surface area contributed by atoms with E-state index >= 15 is 0 Å². The van der Waals surface area contributed by atoms with Gasteiger partial charge in [-0.3, -0.25) is 4.39 Å². The van der Waals surface area contributed by atoms with Crippen LogP contribution < -0.4 is 10.6 Å². The minimum Gasteiger partial charge on any atom is -0.478 e. The van der Waals surface area contributed by atoms with E-state index in [4.69, 9.17) is 5.11 Å². The second-order valence-corrected chi connectivity index (χ2v) is 3.54. The van der Waals surface area contributed by atoms with E-state index in [1.54, 1.807) is 0 Å². The molecule has 0 saturated heterocycles. The molecule has 0 radical (unpaired) electrons. The maximum Gasteiger partial charge on any atom is 0.338 e. The van der Waals surface area contributed by atoms with Crippen LogP contribution in [0, 0.1) is 11.6 Å². The number of carbonyl (C=O) groups excluding carboxylic acids is 1. The lowest BCUT2D eigenvalue weighted by molar-refractivity contribution is 0.0692. The van der Waals surface area contributed by atoms with Crippen molar-refractivity contribution in [1.29, 1.82) is 0 Å². The number of amides is 2. The van der Waals surface area contributed by atoms with Gasteiger partial charge in [0.1, 0.15) is 11.6 Å². The number of rotatable bonds is 5. The zero-order valence-electron chi connectivity index (χ0n) is 9.67. The average molecular weight is 276 g/mol. The number of alkyl halides is 1. The van der Waals surface area contributed by atoms with Gasteiger partial charge in [-0.1, -0.05) is 0 Å². The maximum atomic E-state index is 13.3. The maximum absolute atomic E-state index is 13.3. The van der Waals surface area contributed by atoms with Crippen LogP contribution in [0.5, 0.6) is 0 Å². The first-order chi connectivity index (χ1) is 8.95. The summed E-state index contributed by atoms with van der Waals surface area (Å²) in [5.74, 6) is -3.94. The lowest BCUT2D eigenvalue weighted by atomic mass is 10.2. The monoisotopic (exact) mass is 276 g/mol. The standard InChI is InChI=1S/C11H11F3N2O3/c12-2-1-3-15-11(19)16-9-4-6(10(17)18)7(13)5-8(9)14/h4-5H,1-3H2,(H,17,18)(H2,15,16,19). The fourth-order valence-corrected chi connectivity index (χ4v) is 1.24. The smallest absolute Gasteiger partial charge is 0.338 e. The first-order valence-electron chi connectivity index (χ1n) is 5.29. The van der Waals surface area contributed by atoms with Crippen LogP contribution in [0.15, 0.2) is 12.1 Å². The van der Waals surface area contributed by atoms with Gasteiger partial charge in [-0.05, 0) is 12.5 Å². The molecule has 0 bridgehead atoms. The second kappa shape index (κ2) is 6.62. The molecule has 1 rings (SSSR count).